The molecule has 1 saturated heterocycles. The van der Waals surface area contributed by atoms with E-state index in [0.717, 1.165) is 0 Å². The molecule has 3 heterocycles. The van der Waals surface area contributed by atoms with Gasteiger partial charge in [-0.15, -0.1) is 0 Å². The molecule has 10 heteroatoms. The number of aromatic nitrogens is 4. The lowest BCUT2D eigenvalue weighted by molar-refractivity contribution is -0.0511. The third-order valence-electron chi connectivity index (χ3n) is 3.24. The molecule has 2 aromatic rings. The van der Waals surface area contributed by atoms with Gasteiger partial charge in [0, 0.05) is 0 Å². The molecule has 0 bridgehead atoms. The number of nitrogens with two attached hydrogens (primary N) is 1. The molecule has 20 heavy (non-hydrogen) atoms. The Morgan fingerprint density at radius 3 is 2.85 bits per heavy atom. The number of H-pyrrole nitrogens is 1. The van der Waals surface area contributed by atoms with Crippen LogP contribution < -0.4 is 11.3 Å². The van der Waals surface area contributed by atoms with E-state index in [0.29, 0.717) is 0 Å². The Labute approximate surface area is 111 Å². The SMILES string of the molecule is [15NH2]c1[15n]c2c(ncn2[C@@H]2O[C@H](CO)[C@@H](O)[C@H]2O)c(=O)[15nH]1. The number of hydrogen-bond donors (Lipinski definition) is 5. The van der Waals surface area contributed by atoms with Gasteiger partial charge in [-0.05, 0) is 0 Å². The fourth-order valence-corrected chi connectivity index (χ4v) is 2.24. The molecule has 6 N–H and O–H groups in total. The molecular weight excluding hydrogens is 273 g/mol. The van der Waals surface area contributed by atoms with Crippen LogP contribution in [0.3, 0.4) is 0 Å². The van der Waals surface area contributed by atoms with Crippen LogP contribution in [0.4, 0.5) is 5.95 Å². The topological polar surface area (TPSA) is 160 Å². The lowest BCUT2D eigenvalue weighted by Crippen LogP contribution is -2.33. The number of rotatable bonds is 2. The number of anilines is 1. The van der Waals surface area contributed by atoms with Crippen molar-refractivity contribution in [2.24, 2.45) is 0 Å². The van der Waals surface area contributed by atoms with Crippen LogP contribution in [0.15, 0.2) is 11.1 Å². The Bertz CT molecular complexity index is 697. The number of aliphatic hydroxyl groups is 3. The maximum Gasteiger partial charge on any atom is 0.280 e. The molecule has 4 atom stereocenters. The summed E-state index contributed by atoms with van der Waals surface area (Å²) in [7, 11) is 0. The first-order valence-electron chi connectivity index (χ1n) is 5.87. The normalized spacial score (nSPS) is 30.1. The van der Waals surface area contributed by atoms with E-state index in [1.165, 1.54) is 10.9 Å². The lowest BCUT2D eigenvalue weighted by atomic mass is 10.1. The predicted molar refractivity (Wildman–Crippen MR) is 65.6 cm³/mol. The van der Waals surface area contributed by atoms with Gasteiger partial charge in [-0.25, -0.2) is 4.98 Å². The van der Waals surface area contributed by atoms with Gasteiger partial charge >= 0.3 is 0 Å². The van der Waals surface area contributed by atoms with Crippen LogP contribution in [0, 0.1) is 0 Å². The van der Waals surface area contributed by atoms with E-state index in [4.69, 9.17) is 15.6 Å². The number of fused-ring (bicyclic) bond motifs is 1. The molecule has 2 aromatic heterocycles. The molecule has 108 valence electrons. The van der Waals surface area contributed by atoms with Crippen molar-refractivity contribution >= 4 is 17.1 Å². The number of aliphatic hydroxyl groups excluding tert-OH is 3. The van der Waals surface area contributed by atoms with Crippen LogP contribution in [0.2, 0.25) is 0 Å². The predicted octanol–water partition coefficient (Wildman–Crippen LogP) is -2.69. The van der Waals surface area contributed by atoms with Crippen LogP contribution in [-0.4, -0.2) is 59.8 Å². The minimum Gasteiger partial charge on any atom is -0.394 e. The van der Waals surface area contributed by atoms with Gasteiger partial charge in [-0.1, -0.05) is 0 Å². The second kappa shape index (κ2) is 4.52. The zero-order valence-corrected chi connectivity index (χ0v) is 10.2. The van der Waals surface area contributed by atoms with Crippen LogP contribution >= 0.6 is 0 Å². The Morgan fingerprint density at radius 2 is 2.20 bits per heavy atom. The molecule has 10 nitrogen and oxygen atoms in total. The summed E-state index contributed by atoms with van der Waals surface area (Å²) in [6.07, 6.45) is -3.21. The number of nitrogens with one attached hydrogen (secondary N) is 1. The number of hydrogen-bond acceptors (Lipinski definition) is 8. The molecule has 0 radical (unpaired) electrons. The quantitative estimate of drug-likeness (QED) is 0.373. The minimum absolute atomic E-state index is 0.0388. The third-order valence-corrected chi connectivity index (χ3v) is 3.24. The first kappa shape index (κ1) is 13.0. The molecule has 0 unspecified atom stereocenters. The number of nitrogens with zero attached hydrogens (tertiary/aromatic N) is 3. The van der Waals surface area contributed by atoms with E-state index in [2.05, 4.69) is 15.0 Å². The van der Waals surface area contributed by atoms with E-state index in [9.17, 15) is 15.0 Å². The van der Waals surface area contributed by atoms with Gasteiger partial charge in [0.25, 0.3) is 5.56 Å². The molecule has 0 aliphatic carbocycles. The lowest BCUT2D eigenvalue weighted by Gasteiger charge is -2.16. The third kappa shape index (κ3) is 1.78. The van der Waals surface area contributed by atoms with E-state index < -0.39 is 36.7 Å². The maximum absolute atomic E-state index is 11.7. The van der Waals surface area contributed by atoms with Crippen LogP contribution in [0.25, 0.3) is 11.2 Å². The molecule has 0 amide bonds. The van der Waals surface area contributed by atoms with Crippen LogP contribution in [-0.2, 0) is 4.74 Å². The zero-order chi connectivity index (χ0) is 14.4. The molecule has 0 spiro atoms. The Kier molecular flexibility index (Phi) is 2.94. The first-order chi connectivity index (χ1) is 9.52. The van der Waals surface area contributed by atoms with E-state index in [1.54, 1.807) is 0 Å². The highest BCUT2D eigenvalue weighted by Gasteiger charge is 2.44. The van der Waals surface area contributed by atoms with Crippen molar-refractivity contribution in [3.8, 4) is 0 Å². The number of ether oxygens (including phenoxy) is 1. The summed E-state index contributed by atoms with van der Waals surface area (Å²) in [5.41, 5.74) is 5.12. The van der Waals surface area contributed by atoms with Crippen molar-refractivity contribution < 1.29 is 20.1 Å². The van der Waals surface area contributed by atoms with Gasteiger partial charge in [0.15, 0.2) is 17.4 Å². The Balaban J connectivity index is 2.09. The molecule has 1 aliphatic rings. The van der Waals surface area contributed by atoms with Crippen molar-refractivity contribution in [2.75, 3.05) is 12.3 Å². The van der Waals surface area contributed by atoms with Gasteiger partial charge in [-0.3, -0.25) is 14.3 Å². The van der Waals surface area contributed by atoms with Crippen LogP contribution in [0.5, 0.6) is 0 Å². The van der Waals surface area contributed by atoms with E-state index in [1.807, 2.05) is 0 Å². The molecular formula is C10H13N5O5. The second-order valence-corrected chi connectivity index (χ2v) is 4.50. The summed E-state index contributed by atoms with van der Waals surface area (Å²) < 4.78 is 6.64. The number of imidazole rings is 1. The Morgan fingerprint density at radius 1 is 1.45 bits per heavy atom. The standard InChI is InChI=1S/C10H13N5O5/c11-10-13-7-4(8(19)14-10)12-2-15(7)9-6(18)5(17)3(1-16)20-9/h2-3,5-6,9,16-18H,1H2,(H3,11,13,14,19)/t3-,5-,6-,9-/m1/s1/i11+1,13+1,14+1. The zero-order valence-electron chi connectivity index (χ0n) is 10.2. The average molecular weight is 286 g/mol. The summed E-state index contributed by atoms with van der Waals surface area (Å²) >= 11 is 0. The van der Waals surface area contributed by atoms with Gasteiger partial charge in [0.2, 0.25) is 5.95 Å². The second-order valence-electron chi connectivity index (χ2n) is 4.50. The van der Waals surface area contributed by atoms with Gasteiger partial charge in [0.05, 0.1) is 12.9 Å². The highest BCUT2D eigenvalue weighted by molar-refractivity contribution is 5.70. The fourth-order valence-electron chi connectivity index (χ4n) is 2.24. The summed E-state index contributed by atoms with van der Waals surface area (Å²) in [5.74, 6) is -0.101. The Hall–Kier alpha value is -2.01. The van der Waals surface area contributed by atoms with Crippen molar-refractivity contribution in [2.45, 2.75) is 24.5 Å². The largest absolute Gasteiger partial charge is 0.394 e. The van der Waals surface area contributed by atoms with Crippen LogP contribution in [0.1, 0.15) is 6.23 Å². The average Bonchev–Trinajstić information content (AvgIpc) is 2.93. The number of aromatic amines is 1. The maximum atomic E-state index is 11.7. The number of nitrogen functional groups attached to an aromatic ring is 1. The minimum atomic E-state index is -1.29. The molecule has 0 saturated carbocycles. The van der Waals surface area contributed by atoms with Gasteiger partial charge in [-0.2, -0.15) is 4.98 Å². The molecule has 3 rings (SSSR count). The highest BCUT2D eigenvalue weighted by Crippen LogP contribution is 2.30. The van der Waals surface area contributed by atoms with Gasteiger partial charge < -0.3 is 25.8 Å². The van der Waals surface area contributed by atoms with Crippen molar-refractivity contribution in [1.82, 2.24) is 19.5 Å². The van der Waals surface area contributed by atoms with Crippen molar-refractivity contribution in [1.29, 1.82) is 0 Å². The summed E-state index contributed by atoms with van der Waals surface area (Å²) in [6, 6.07) is 0. The van der Waals surface area contributed by atoms with E-state index >= 15 is 0 Å². The summed E-state index contributed by atoms with van der Waals surface area (Å²) in [4.78, 5) is 21.8. The fraction of sp³-hybridized carbons (Fsp3) is 0.500. The van der Waals surface area contributed by atoms with Gasteiger partial charge in [0.1, 0.15) is 18.3 Å². The highest BCUT2D eigenvalue weighted by atomic mass is 16.6. The summed E-state index contributed by atoms with van der Waals surface area (Å²) in [6.45, 7) is -0.447. The smallest absolute Gasteiger partial charge is 0.280 e. The monoisotopic (exact) mass is 286 g/mol. The molecule has 0 aromatic carbocycles. The van der Waals surface area contributed by atoms with E-state index in [-0.39, 0.29) is 17.1 Å². The van der Waals surface area contributed by atoms with Crippen molar-refractivity contribution in [3.63, 3.8) is 0 Å². The summed E-state index contributed by atoms with van der Waals surface area (Å²) in [5, 5.41) is 28.7. The molecule has 1 aliphatic heterocycles. The molecule has 1 fully saturated rings. The van der Waals surface area contributed by atoms with Crippen molar-refractivity contribution in [3.05, 3.63) is 16.7 Å². The first-order valence-corrected chi connectivity index (χ1v) is 5.87.